The highest BCUT2D eigenvalue weighted by Gasteiger charge is 2.34. The van der Waals surface area contributed by atoms with E-state index in [0.717, 1.165) is 11.6 Å². The molecule has 0 bridgehead atoms. The van der Waals surface area contributed by atoms with Gasteiger partial charge in [-0.05, 0) is 23.6 Å². The van der Waals surface area contributed by atoms with Crippen LogP contribution in [0.15, 0.2) is 48.5 Å². The summed E-state index contributed by atoms with van der Waals surface area (Å²) in [6.07, 6.45) is -0.366. The van der Waals surface area contributed by atoms with Crippen molar-refractivity contribution in [2.75, 3.05) is 13.1 Å². The predicted octanol–water partition coefficient (Wildman–Crippen LogP) is 3.77. The number of rotatable bonds is 3. The van der Waals surface area contributed by atoms with Gasteiger partial charge in [0.05, 0.1) is 18.2 Å². The molecule has 0 aliphatic carbocycles. The largest absolute Gasteiger partial charge is 0.508 e. The molecule has 1 aliphatic rings. The van der Waals surface area contributed by atoms with Gasteiger partial charge in [-0.25, -0.2) is 4.39 Å². The number of carbonyl (C=O) groups is 1. The van der Waals surface area contributed by atoms with Crippen LogP contribution in [0, 0.1) is 11.7 Å². The Hall–Kier alpha value is -2.40. The van der Waals surface area contributed by atoms with E-state index < -0.39 is 5.82 Å². The summed E-state index contributed by atoms with van der Waals surface area (Å²) in [5, 5.41) is 9.35. The van der Waals surface area contributed by atoms with Crippen LogP contribution in [0.4, 0.5) is 4.39 Å². The third kappa shape index (κ3) is 3.82. The van der Waals surface area contributed by atoms with Crippen molar-refractivity contribution in [3.05, 3.63) is 65.5 Å². The van der Waals surface area contributed by atoms with Gasteiger partial charge >= 0.3 is 0 Å². The topological polar surface area (TPSA) is 49.8 Å². The second kappa shape index (κ2) is 7.23. The van der Waals surface area contributed by atoms with E-state index in [1.54, 1.807) is 4.90 Å². The average molecular weight is 343 g/mol. The van der Waals surface area contributed by atoms with Crippen LogP contribution in [0.25, 0.3) is 0 Å². The van der Waals surface area contributed by atoms with Gasteiger partial charge in [-0.15, -0.1) is 0 Å². The number of phenols is 1. The summed E-state index contributed by atoms with van der Waals surface area (Å²) in [5.74, 6) is -1.06. The quantitative estimate of drug-likeness (QED) is 0.923. The Morgan fingerprint density at radius 1 is 1.20 bits per heavy atom. The highest BCUT2D eigenvalue weighted by Crippen LogP contribution is 2.29. The zero-order chi connectivity index (χ0) is 18.0. The average Bonchev–Trinajstić information content (AvgIpc) is 2.61. The second-order valence-corrected chi connectivity index (χ2v) is 6.69. The number of hydrogen-bond acceptors (Lipinski definition) is 3. The Bertz CT molecular complexity index is 748. The number of morpholine rings is 1. The number of halogens is 1. The number of benzene rings is 2. The molecule has 25 heavy (non-hydrogen) atoms. The molecule has 1 aliphatic heterocycles. The second-order valence-electron chi connectivity index (χ2n) is 6.69. The zero-order valence-electron chi connectivity index (χ0n) is 14.4. The fourth-order valence-corrected chi connectivity index (χ4v) is 3.02. The lowest BCUT2D eigenvalue weighted by molar-refractivity contribution is -0.0955. The van der Waals surface area contributed by atoms with Gasteiger partial charge in [0.2, 0.25) is 0 Å². The minimum Gasteiger partial charge on any atom is -0.508 e. The molecule has 2 aromatic rings. The molecule has 4 nitrogen and oxygen atoms in total. The van der Waals surface area contributed by atoms with Crippen molar-refractivity contribution in [1.82, 2.24) is 4.90 Å². The van der Waals surface area contributed by atoms with Crippen LogP contribution >= 0.6 is 0 Å². The Labute approximate surface area is 146 Å². The molecule has 0 saturated carbocycles. The van der Waals surface area contributed by atoms with Gasteiger partial charge in [0, 0.05) is 12.6 Å². The number of ether oxygens (including phenoxy) is 1. The molecule has 1 fully saturated rings. The van der Waals surface area contributed by atoms with Gasteiger partial charge in [0.15, 0.2) is 0 Å². The minimum atomic E-state index is -0.714. The highest BCUT2D eigenvalue weighted by molar-refractivity contribution is 5.94. The number of hydrogen-bond donors (Lipinski definition) is 1. The number of amides is 1. The third-order valence-corrected chi connectivity index (χ3v) is 4.51. The monoisotopic (exact) mass is 343 g/mol. The van der Waals surface area contributed by atoms with Gasteiger partial charge in [0.25, 0.3) is 5.91 Å². The van der Waals surface area contributed by atoms with E-state index in [2.05, 4.69) is 0 Å². The van der Waals surface area contributed by atoms with Crippen LogP contribution in [-0.2, 0) is 4.74 Å². The molecule has 2 atom stereocenters. The molecule has 0 radical (unpaired) electrons. The SMILES string of the molecule is CC(C)[C@H]1CN(C(=O)c2ccc(O)cc2F)C[C@@H](c2ccccc2)O1. The van der Waals surface area contributed by atoms with Crippen molar-refractivity contribution in [3.8, 4) is 5.75 Å². The molecule has 5 heteroatoms. The molecule has 0 unspecified atom stereocenters. The van der Waals surface area contributed by atoms with E-state index in [-0.39, 0.29) is 35.3 Å². The lowest BCUT2D eigenvalue weighted by atomic mass is 10.0. The van der Waals surface area contributed by atoms with Crippen molar-refractivity contribution >= 4 is 5.91 Å². The van der Waals surface area contributed by atoms with Crippen LogP contribution in [-0.4, -0.2) is 35.1 Å². The molecular weight excluding hydrogens is 321 g/mol. The fraction of sp³-hybridized carbons (Fsp3) is 0.350. The Balaban J connectivity index is 1.87. The fourth-order valence-electron chi connectivity index (χ4n) is 3.02. The number of carbonyl (C=O) groups excluding carboxylic acids is 1. The summed E-state index contributed by atoms with van der Waals surface area (Å²) >= 11 is 0. The first-order chi connectivity index (χ1) is 12.0. The van der Waals surface area contributed by atoms with Gasteiger partial charge in [-0.1, -0.05) is 44.2 Å². The van der Waals surface area contributed by atoms with E-state index in [0.29, 0.717) is 13.1 Å². The van der Waals surface area contributed by atoms with Crippen molar-refractivity contribution in [2.45, 2.75) is 26.1 Å². The summed E-state index contributed by atoms with van der Waals surface area (Å²) in [5.41, 5.74) is 0.964. The van der Waals surface area contributed by atoms with Crippen LogP contribution < -0.4 is 0 Å². The molecule has 132 valence electrons. The summed E-state index contributed by atoms with van der Waals surface area (Å²) in [6, 6.07) is 13.3. The maximum Gasteiger partial charge on any atom is 0.257 e. The summed E-state index contributed by atoms with van der Waals surface area (Å²) in [4.78, 5) is 14.5. The summed E-state index contributed by atoms with van der Waals surface area (Å²) in [7, 11) is 0. The molecule has 1 N–H and O–H groups in total. The van der Waals surface area contributed by atoms with E-state index in [9.17, 15) is 14.3 Å². The standard InChI is InChI=1S/C20H22FNO3/c1-13(2)18-11-22(12-19(25-18)14-6-4-3-5-7-14)20(24)16-9-8-15(23)10-17(16)21/h3-10,13,18-19,23H,11-12H2,1-2H3/t18-,19+/m1/s1. The first-order valence-electron chi connectivity index (χ1n) is 8.44. The number of phenolic OH excluding ortho intramolecular Hbond substituents is 1. The number of aromatic hydroxyl groups is 1. The van der Waals surface area contributed by atoms with E-state index in [4.69, 9.17) is 4.74 Å². The number of nitrogens with zero attached hydrogens (tertiary/aromatic N) is 1. The van der Waals surface area contributed by atoms with Gasteiger partial charge in [-0.3, -0.25) is 4.79 Å². The lowest BCUT2D eigenvalue weighted by Gasteiger charge is -2.40. The third-order valence-electron chi connectivity index (χ3n) is 4.51. The Morgan fingerprint density at radius 2 is 1.92 bits per heavy atom. The molecule has 0 aromatic heterocycles. The molecule has 3 rings (SSSR count). The van der Waals surface area contributed by atoms with Gasteiger partial charge in [0.1, 0.15) is 17.7 Å². The molecule has 1 saturated heterocycles. The van der Waals surface area contributed by atoms with Crippen LogP contribution in [0.2, 0.25) is 0 Å². The maximum atomic E-state index is 14.1. The first-order valence-corrected chi connectivity index (χ1v) is 8.44. The Morgan fingerprint density at radius 3 is 2.56 bits per heavy atom. The van der Waals surface area contributed by atoms with Gasteiger partial charge in [-0.2, -0.15) is 0 Å². The Kier molecular flexibility index (Phi) is 5.04. The molecule has 0 spiro atoms. The smallest absolute Gasteiger partial charge is 0.257 e. The zero-order valence-corrected chi connectivity index (χ0v) is 14.4. The van der Waals surface area contributed by atoms with E-state index in [1.165, 1.54) is 12.1 Å². The van der Waals surface area contributed by atoms with Crippen molar-refractivity contribution in [2.24, 2.45) is 5.92 Å². The highest BCUT2D eigenvalue weighted by atomic mass is 19.1. The maximum absolute atomic E-state index is 14.1. The van der Waals surface area contributed by atoms with Crippen molar-refractivity contribution < 1.29 is 19.0 Å². The van der Waals surface area contributed by atoms with Crippen molar-refractivity contribution in [3.63, 3.8) is 0 Å². The normalized spacial score (nSPS) is 20.7. The molecular formula is C20H22FNO3. The summed E-state index contributed by atoms with van der Waals surface area (Å²) in [6.45, 7) is 4.87. The van der Waals surface area contributed by atoms with Crippen LogP contribution in [0.1, 0.15) is 35.9 Å². The minimum absolute atomic E-state index is 0.0333. The van der Waals surface area contributed by atoms with E-state index in [1.807, 2.05) is 44.2 Å². The van der Waals surface area contributed by atoms with Crippen molar-refractivity contribution in [1.29, 1.82) is 0 Å². The van der Waals surface area contributed by atoms with Gasteiger partial charge < -0.3 is 14.7 Å². The first kappa shape index (κ1) is 17.4. The molecule has 2 aromatic carbocycles. The predicted molar refractivity (Wildman–Crippen MR) is 92.9 cm³/mol. The van der Waals surface area contributed by atoms with E-state index >= 15 is 0 Å². The van der Waals surface area contributed by atoms with Crippen LogP contribution in [0.3, 0.4) is 0 Å². The molecule has 1 heterocycles. The molecule has 1 amide bonds. The lowest BCUT2D eigenvalue weighted by Crippen LogP contribution is -2.48. The van der Waals surface area contributed by atoms with Crippen LogP contribution in [0.5, 0.6) is 5.75 Å². The summed E-state index contributed by atoms with van der Waals surface area (Å²) < 4.78 is 20.3.